The Kier molecular flexibility index (Phi) is 6.71. The van der Waals surface area contributed by atoms with E-state index in [1.165, 1.54) is 11.4 Å². The fraction of sp³-hybridized carbons (Fsp3) is 0.417. The summed E-state index contributed by atoms with van der Waals surface area (Å²) in [6.45, 7) is 4.69. The third-order valence-corrected chi connectivity index (χ3v) is 7.93. The Morgan fingerprint density at radius 2 is 1.58 bits per heavy atom. The van der Waals surface area contributed by atoms with E-state index in [9.17, 15) is 18.0 Å². The van der Waals surface area contributed by atoms with Crippen molar-refractivity contribution in [2.24, 2.45) is 0 Å². The minimum atomic E-state index is -3.68. The highest BCUT2D eigenvalue weighted by molar-refractivity contribution is 7.92. The lowest BCUT2D eigenvalue weighted by Gasteiger charge is -2.34. The molecule has 1 heterocycles. The largest absolute Gasteiger partial charge is 0.352 e. The second-order valence-corrected chi connectivity index (χ2v) is 10.7. The highest BCUT2D eigenvalue weighted by atomic mass is 32.2. The lowest BCUT2D eigenvalue weighted by atomic mass is 10.1. The van der Waals surface area contributed by atoms with Crippen molar-refractivity contribution in [1.82, 2.24) is 15.1 Å². The molecule has 176 valence electrons. The second-order valence-electron chi connectivity index (χ2n) is 8.74. The van der Waals surface area contributed by atoms with Crippen molar-refractivity contribution in [3.63, 3.8) is 0 Å². The first-order chi connectivity index (χ1) is 15.7. The summed E-state index contributed by atoms with van der Waals surface area (Å²) >= 11 is 0. The molecule has 1 saturated carbocycles. The summed E-state index contributed by atoms with van der Waals surface area (Å²) < 4.78 is 27.0. The molecule has 0 bridgehead atoms. The van der Waals surface area contributed by atoms with E-state index in [4.69, 9.17) is 0 Å². The number of sulfonamides is 1. The van der Waals surface area contributed by atoms with Crippen molar-refractivity contribution in [3.8, 4) is 0 Å². The van der Waals surface area contributed by atoms with Crippen LogP contribution in [0, 0.1) is 6.92 Å². The lowest BCUT2D eigenvalue weighted by molar-refractivity contribution is -0.122. The van der Waals surface area contributed by atoms with Crippen molar-refractivity contribution in [2.45, 2.75) is 30.7 Å². The van der Waals surface area contributed by atoms with E-state index >= 15 is 0 Å². The number of hydrogen-bond donors (Lipinski definition) is 1. The van der Waals surface area contributed by atoms with Crippen LogP contribution in [0.15, 0.2) is 53.4 Å². The predicted octanol–water partition coefficient (Wildman–Crippen LogP) is 1.86. The molecule has 2 aliphatic rings. The number of amides is 2. The Balaban J connectivity index is 1.34. The summed E-state index contributed by atoms with van der Waals surface area (Å²) in [5, 5.41) is 2.99. The third-order valence-electron chi connectivity index (χ3n) is 6.13. The average molecular weight is 471 g/mol. The van der Waals surface area contributed by atoms with Gasteiger partial charge in [0, 0.05) is 44.8 Å². The molecule has 0 radical (unpaired) electrons. The number of rotatable bonds is 7. The van der Waals surface area contributed by atoms with Crippen LogP contribution in [0.2, 0.25) is 0 Å². The number of benzene rings is 2. The monoisotopic (exact) mass is 470 g/mol. The molecule has 4 rings (SSSR count). The van der Waals surface area contributed by atoms with Crippen molar-refractivity contribution in [2.75, 3.05) is 44.1 Å². The lowest BCUT2D eigenvalue weighted by Crippen LogP contribution is -2.51. The van der Waals surface area contributed by atoms with Gasteiger partial charge in [0.15, 0.2) is 0 Å². The summed E-state index contributed by atoms with van der Waals surface area (Å²) in [4.78, 5) is 29.0. The number of aryl methyl sites for hydroxylation is 1. The summed E-state index contributed by atoms with van der Waals surface area (Å²) in [5.41, 5.74) is 1.99. The van der Waals surface area contributed by atoms with Crippen LogP contribution in [0.25, 0.3) is 0 Å². The number of hydrogen-bond acceptors (Lipinski definition) is 5. The van der Waals surface area contributed by atoms with Crippen molar-refractivity contribution < 1.29 is 18.0 Å². The SMILES string of the molecule is Cc1ccc(S(=O)(=O)N(C)c2ccc(C(=O)N3CCN(CC(=O)NC4CC4)CC3)cc2)cc1. The van der Waals surface area contributed by atoms with Crippen LogP contribution in [0.1, 0.15) is 28.8 Å². The number of carbonyl (C=O) groups excluding carboxylic acids is 2. The first-order valence-corrected chi connectivity index (χ1v) is 12.6. The first kappa shape index (κ1) is 23.3. The van der Waals surface area contributed by atoms with Gasteiger partial charge in [-0.05, 0) is 56.2 Å². The number of nitrogens with one attached hydrogen (secondary N) is 1. The van der Waals surface area contributed by atoms with Gasteiger partial charge in [-0.1, -0.05) is 17.7 Å². The molecule has 2 amide bonds. The maximum Gasteiger partial charge on any atom is 0.264 e. The predicted molar refractivity (Wildman–Crippen MR) is 127 cm³/mol. The molecule has 0 unspecified atom stereocenters. The standard InChI is InChI=1S/C24H30N4O4S/c1-18-3-11-22(12-4-18)33(31,32)26(2)21-9-5-19(6-10-21)24(30)28-15-13-27(14-16-28)17-23(29)25-20-7-8-20/h3-6,9-12,20H,7-8,13-17H2,1-2H3,(H,25,29). The first-order valence-electron chi connectivity index (χ1n) is 11.2. The molecule has 0 aromatic heterocycles. The van der Waals surface area contributed by atoms with Crippen molar-refractivity contribution in [1.29, 1.82) is 0 Å². The van der Waals surface area contributed by atoms with Gasteiger partial charge in [-0.3, -0.25) is 18.8 Å². The minimum absolute atomic E-state index is 0.0533. The molecule has 1 aliphatic heterocycles. The van der Waals surface area contributed by atoms with E-state index in [2.05, 4.69) is 10.2 Å². The smallest absolute Gasteiger partial charge is 0.264 e. The number of anilines is 1. The number of nitrogens with zero attached hydrogens (tertiary/aromatic N) is 3. The zero-order valence-electron chi connectivity index (χ0n) is 19.0. The normalized spacial score (nSPS) is 17.0. The van der Waals surface area contributed by atoms with E-state index in [0.717, 1.165) is 18.4 Å². The fourth-order valence-corrected chi connectivity index (χ4v) is 5.01. The molecule has 1 aliphatic carbocycles. The van der Waals surface area contributed by atoms with Gasteiger partial charge in [0.2, 0.25) is 5.91 Å². The zero-order valence-corrected chi connectivity index (χ0v) is 19.8. The van der Waals surface area contributed by atoms with Crippen LogP contribution < -0.4 is 9.62 Å². The van der Waals surface area contributed by atoms with Crippen molar-refractivity contribution in [3.05, 3.63) is 59.7 Å². The van der Waals surface area contributed by atoms with Crippen molar-refractivity contribution >= 4 is 27.5 Å². The van der Waals surface area contributed by atoms with Crippen LogP contribution in [-0.2, 0) is 14.8 Å². The van der Waals surface area contributed by atoms with E-state index in [-0.39, 0.29) is 16.7 Å². The van der Waals surface area contributed by atoms with Gasteiger partial charge in [-0.15, -0.1) is 0 Å². The number of piperazine rings is 1. The van der Waals surface area contributed by atoms with Gasteiger partial charge >= 0.3 is 0 Å². The molecule has 0 spiro atoms. The Morgan fingerprint density at radius 1 is 0.970 bits per heavy atom. The van der Waals surface area contributed by atoms with Gasteiger partial charge in [-0.2, -0.15) is 0 Å². The van der Waals surface area contributed by atoms with E-state index in [1.54, 1.807) is 53.4 Å². The summed E-state index contributed by atoms with van der Waals surface area (Å²) in [7, 11) is -2.18. The Bertz CT molecular complexity index is 1100. The summed E-state index contributed by atoms with van der Waals surface area (Å²) in [6.07, 6.45) is 2.14. The highest BCUT2D eigenvalue weighted by Gasteiger charge is 2.27. The fourth-order valence-electron chi connectivity index (χ4n) is 3.82. The molecule has 1 N–H and O–H groups in total. The quantitative estimate of drug-likeness (QED) is 0.667. The molecular weight excluding hydrogens is 440 g/mol. The molecule has 0 atom stereocenters. The molecule has 2 fully saturated rings. The second kappa shape index (κ2) is 9.52. The van der Waals surface area contributed by atoms with Crippen LogP contribution in [-0.4, -0.2) is 75.8 Å². The maximum atomic E-state index is 12.9. The van der Waals surface area contributed by atoms with Crippen LogP contribution in [0.3, 0.4) is 0 Å². The van der Waals surface area contributed by atoms with E-state index < -0.39 is 10.0 Å². The van der Waals surface area contributed by atoms with E-state index in [0.29, 0.717) is 50.0 Å². The topological polar surface area (TPSA) is 90.0 Å². The molecule has 8 nitrogen and oxygen atoms in total. The summed E-state index contributed by atoms with van der Waals surface area (Å²) in [5.74, 6) is -0.0368. The van der Waals surface area contributed by atoms with Crippen LogP contribution in [0.4, 0.5) is 5.69 Å². The molecule has 9 heteroatoms. The Hall–Kier alpha value is -2.91. The average Bonchev–Trinajstić information content (AvgIpc) is 3.63. The van der Waals surface area contributed by atoms with Crippen LogP contribution >= 0.6 is 0 Å². The molecule has 1 saturated heterocycles. The Labute approximate surface area is 195 Å². The summed E-state index contributed by atoms with van der Waals surface area (Å²) in [6, 6.07) is 13.7. The third kappa shape index (κ3) is 5.54. The molecule has 2 aromatic rings. The molecule has 2 aromatic carbocycles. The Morgan fingerprint density at radius 3 is 2.15 bits per heavy atom. The molecule has 33 heavy (non-hydrogen) atoms. The van der Waals surface area contributed by atoms with Gasteiger partial charge in [-0.25, -0.2) is 8.42 Å². The zero-order chi connectivity index (χ0) is 23.6. The highest BCUT2D eigenvalue weighted by Crippen LogP contribution is 2.23. The van der Waals surface area contributed by atoms with E-state index in [1.807, 2.05) is 6.92 Å². The maximum absolute atomic E-state index is 12.9. The van der Waals surface area contributed by atoms with Gasteiger partial charge in [0.1, 0.15) is 0 Å². The minimum Gasteiger partial charge on any atom is -0.352 e. The van der Waals surface area contributed by atoms with Crippen LogP contribution in [0.5, 0.6) is 0 Å². The van der Waals surface area contributed by atoms with Gasteiger partial charge in [0.25, 0.3) is 15.9 Å². The molecular formula is C24H30N4O4S. The van der Waals surface area contributed by atoms with Gasteiger partial charge in [0.05, 0.1) is 17.1 Å². The number of carbonyl (C=O) groups is 2. The van der Waals surface area contributed by atoms with Gasteiger partial charge < -0.3 is 10.2 Å².